The summed E-state index contributed by atoms with van der Waals surface area (Å²) >= 11 is 0. The SMILES string of the molecule is COc1cc[c]cc1-c1ccccc1. The first-order chi connectivity index (χ1) is 6.92. The average molecular weight is 183 g/mol. The van der Waals surface area contributed by atoms with Gasteiger partial charge < -0.3 is 4.74 Å². The van der Waals surface area contributed by atoms with Crippen LogP contribution in [0.25, 0.3) is 11.1 Å². The fraction of sp³-hybridized carbons (Fsp3) is 0.0769. The van der Waals surface area contributed by atoms with Gasteiger partial charge in [-0.15, -0.1) is 0 Å². The lowest BCUT2D eigenvalue weighted by Gasteiger charge is -2.07. The van der Waals surface area contributed by atoms with Crippen LogP contribution in [0.2, 0.25) is 0 Å². The van der Waals surface area contributed by atoms with Crippen LogP contribution in [0.1, 0.15) is 0 Å². The Kier molecular flexibility index (Phi) is 2.50. The van der Waals surface area contributed by atoms with Crippen molar-refractivity contribution in [1.82, 2.24) is 0 Å². The van der Waals surface area contributed by atoms with Crippen LogP contribution in [0.4, 0.5) is 0 Å². The van der Waals surface area contributed by atoms with Gasteiger partial charge in [0.15, 0.2) is 0 Å². The molecule has 1 heteroatoms. The molecular formula is C13H11O. The highest BCUT2D eigenvalue weighted by atomic mass is 16.5. The second-order valence-corrected chi connectivity index (χ2v) is 2.99. The van der Waals surface area contributed by atoms with E-state index in [9.17, 15) is 0 Å². The number of ether oxygens (including phenoxy) is 1. The molecule has 0 N–H and O–H groups in total. The van der Waals surface area contributed by atoms with Gasteiger partial charge in [-0.2, -0.15) is 0 Å². The predicted molar refractivity (Wildman–Crippen MR) is 57.3 cm³/mol. The fourth-order valence-corrected chi connectivity index (χ4v) is 1.44. The number of rotatable bonds is 2. The quantitative estimate of drug-likeness (QED) is 0.694. The van der Waals surface area contributed by atoms with Crippen LogP contribution in [0, 0.1) is 6.07 Å². The molecule has 2 aromatic carbocycles. The van der Waals surface area contributed by atoms with E-state index in [0.717, 1.165) is 16.9 Å². The maximum absolute atomic E-state index is 5.28. The molecule has 0 atom stereocenters. The molecule has 0 saturated heterocycles. The zero-order chi connectivity index (χ0) is 9.80. The van der Waals surface area contributed by atoms with Crippen molar-refractivity contribution in [3.63, 3.8) is 0 Å². The summed E-state index contributed by atoms with van der Waals surface area (Å²) < 4.78 is 5.28. The second kappa shape index (κ2) is 3.97. The van der Waals surface area contributed by atoms with E-state index in [4.69, 9.17) is 4.74 Å². The van der Waals surface area contributed by atoms with Gasteiger partial charge >= 0.3 is 0 Å². The minimum atomic E-state index is 0.884. The molecule has 0 amide bonds. The Balaban J connectivity index is 2.51. The summed E-state index contributed by atoms with van der Waals surface area (Å²) in [5, 5.41) is 0. The molecular weight excluding hydrogens is 172 g/mol. The van der Waals surface area contributed by atoms with Crippen LogP contribution in [-0.4, -0.2) is 7.11 Å². The Morgan fingerprint density at radius 1 is 1.07 bits per heavy atom. The molecule has 0 heterocycles. The van der Waals surface area contributed by atoms with Crippen LogP contribution < -0.4 is 4.74 Å². The maximum Gasteiger partial charge on any atom is 0.126 e. The first-order valence-electron chi connectivity index (χ1n) is 4.51. The van der Waals surface area contributed by atoms with E-state index in [1.807, 2.05) is 36.4 Å². The standard InChI is InChI=1S/C13H11O/c1-14-13-10-6-5-9-12(13)11-7-3-2-4-8-11/h2-4,6-10H,1H3. The van der Waals surface area contributed by atoms with Crippen LogP contribution in [0.5, 0.6) is 5.75 Å². The van der Waals surface area contributed by atoms with Crippen molar-refractivity contribution in [2.75, 3.05) is 7.11 Å². The van der Waals surface area contributed by atoms with Crippen molar-refractivity contribution in [3.05, 3.63) is 54.6 Å². The van der Waals surface area contributed by atoms with E-state index < -0.39 is 0 Å². The van der Waals surface area contributed by atoms with Gasteiger partial charge in [-0.05, 0) is 23.8 Å². The molecule has 0 aromatic heterocycles. The van der Waals surface area contributed by atoms with Gasteiger partial charge in [0, 0.05) is 5.56 Å². The lowest BCUT2D eigenvalue weighted by molar-refractivity contribution is 0.416. The highest BCUT2D eigenvalue weighted by Gasteiger charge is 2.02. The summed E-state index contributed by atoms with van der Waals surface area (Å²) in [7, 11) is 1.68. The fourth-order valence-electron chi connectivity index (χ4n) is 1.44. The van der Waals surface area contributed by atoms with Gasteiger partial charge in [0.05, 0.1) is 7.11 Å². The maximum atomic E-state index is 5.28. The molecule has 0 aliphatic rings. The summed E-state index contributed by atoms with van der Waals surface area (Å²) in [6, 6.07) is 18.9. The Morgan fingerprint density at radius 2 is 1.86 bits per heavy atom. The molecule has 0 aliphatic heterocycles. The predicted octanol–water partition coefficient (Wildman–Crippen LogP) is 3.16. The molecule has 0 saturated carbocycles. The molecule has 1 nitrogen and oxygen atoms in total. The number of methoxy groups -OCH3 is 1. The highest BCUT2D eigenvalue weighted by Crippen LogP contribution is 2.28. The summed E-state index contributed by atoms with van der Waals surface area (Å²) in [4.78, 5) is 0. The monoisotopic (exact) mass is 183 g/mol. The van der Waals surface area contributed by atoms with E-state index in [1.54, 1.807) is 7.11 Å². The third-order valence-electron chi connectivity index (χ3n) is 2.13. The molecule has 0 bridgehead atoms. The molecule has 0 fully saturated rings. The average Bonchev–Trinajstić information content (AvgIpc) is 2.30. The normalized spacial score (nSPS) is 9.79. The van der Waals surface area contributed by atoms with Crippen LogP contribution >= 0.6 is 0 Å². The number of benzene rings is 2. The van der Waals surface area contributed by atoms with Crippen molar-refractivity contribution in [2.45, 2.75) is 0 Å². The molecule has 2 aromatic rings. The lowest BCUT2D eigenvalue weighted by Crippen LogP contribution is -1.86. The van der Waals surface area contributed by atoms with Gasteiger partial charge in [0.2, 0.25) is 0 Å². The van der Waals surface area contributed by atoms with E-state index >= 15 is 0 Å². The summed E-state index contributed by atoms with van der Waals surface area (Å²) in [5.74, 6) is 0.884. The van der Waals surface area contributed by atoms with Crippen LogP contribution in [-0.2, 0) is 0 Å². The molecule has 69 valence electrons. The third kappa shape index (κ3) is 1.62. The zero-order valence-electron chi connectivity index (χ0n) is 8.03. The van der Waals surface area contributed by atoms with Gasteiger partial charge in [-0.3, -0.25) is 0 Å². The zero-order valence-corrected chi connectivity index (χ0v) is 8.03. The topological polar surface area (TPSA) is 9.23 Å². The first kappa shape index (κ1) is 8.82. The Hall–Kier alpha value is -1.76. The van der Waals surface area contributed by atoms with Gasteiger partial charge in [-0.1, -0.05) is 36.4 Å². The van der Waals surface area contributed by atoms with Crippen molar-refractivity contribution in [2.24, 2.45) is 0 Å². The molecule has 14 heavy (non-hydrogen) atoms. The van der Waals surface area contributed by atoms with Crippen molar-refractivity contribution < 1.29 is 4.74 Å². The Labute approximate surface area is 84.0 Å². The van der Waals surface area contributed by atoms with Gasteiger partial charge in [0.25, 0.3) is 0 Å². The second-order valence-electron chi connectivity index (χ2n) is 2.99. The van der Waals surface area contributed by atoms with Crippen molar-refractivity contribution >= 4 is 0 Å². The minimum Gasteiger partial charge on any atom is -0.496 e. The highest BCUT2D eigenvalue weighted by molar-refractivity contribution is 5.69. The molecule has 0 aliphatic carbocycles. The van der Waals surface area contributed by atoms with Gasteiger partial charge in [0.1, 0.15) is 5.75 Å². The molecule has 2 rings (SSSR count). The van der Waals surface area contributed by atoms with Crippen molar-refractivity contribution in [1.29, 1.82) is 0 Å². The number of hydrogen-bond acceptors (Lipinski definition) is 1. The van der Waals surface area contributed by atoms with Gasteiger partial charge in [-0.25, -0.2) is 0 Å². The molecule has 0 unspecified atom stereocenters. The van der Waals surface area contributed by atoms with Crippen LogP contribution in [0.15, 0.2) is 48.5 Å². The Morgan fingerprint density at radius 3 is 2.57 bits per heavy atom. The summed E-state index contributed by atoms with van der Waals surface area (Å²) in [5.41, 5.74) is 2.23. The lowest BCUT2D eigenvalue weighted by atomic mass is 10.1. The first-order valence-corrected chi connectivity index (χ1v) is 4.51. The summed E-state index contributed by atoms with van der Waals surface area (Å²) in [6.07, 6.45) is 0. The number of hydrogen-bond donors (Lipinski definition) is 0. The van der Waals surface area contributed by atoms with E-state index in [-0.39, 0.29) is 0 Å². The van der Waals surface area contributed by atoms with E-state index in [0.29, 0.717) is 0 Å². The molecule has 1 radical (unpaired) electrons. The van der Waals surface area contributed by atoms with E-state index in [1.165, 1.54) is 0 Å². The van der Waals surface area contributed by atoms with E-state index in [2.05, 4.69) is 18.2 Å². The summed E-state index contributed by atoms with van der Waals surface area (Å²) in [6.45, 7) is 0. The molecule has 0 spiro atoms. The third-order valence-corrected chi connectivity index (χ3v) is 2.13. The Bertz CT molecular complexity index is 407. The van der Waals surface area contributed by atoms with Crippen molar-refractivity contribution in [3.8, 4) is 16.9 Å². The largest absolute Gasteiger partial charge is 0.496 e. The minimum absolute atomic E-state index is 0.884. The van der Waals surface area contributed by atoms with Crippen LogP contribution in [0.3, 0.4) is 0 Å². The smallest absolute Gasteiger partial charge is 0.126 e.